The van der Waals surface area contributed by atoms with Crippen LogP contribution in [0.3, 0.4) is 0 Å². The Morgan fingerprint density at radius 3 is 2.47 bits per heavy atom. The van der Waals surface area contributed by atoms with Gasteiger partial charge < -0.3 is 5.11 Å². The van der Waals surface area contributed by atoms with Crippen molar-refractivity contribution in [3.63, 3.8) is 0 Å². The van der Waals surface area contributed by atoms with E-state index in [2.05, 4.69) is 21.9 Å². The largest absolute Gasteiger partial charge is 0.369 e. The van der Waals surface area contributed by atoms with Crippen molar-refractivity contribution in [2.75, 3.05) is 0 Å². The van der Waals surface area contributed by atoms with Gasteiger partial charge in [-0.1, -0.05) is 52.2 Å². The van der Waals surface area contributed by atoms with Crippen LogP contribution in [-0.4, -0.2) is 5.11 Å². The van der Waals surface area contributed by atoms with E-state index in [0.29, 0.717) is 0 Å². The average molecular weight is 313 g/mol. The number of benzene rings is 2. The highest BCUT2D eigenvalue weighted by Crippen LogP contribution is 2.38. The summed E-state index contributed by atoms with van der Waals surface area (Å²) < 4.78 is 0.930. The van der Waals surface area contributed by atoms with E-state index < -0.39 is 5.60 Å². The van der Waals surface area contributed by atoms with E-state index in [4.69, 9.17) is 6.42 Å². The minimum absolute atomic E-state index is 0.814. The molecule has 94 valence electrons. The lowest BCUT2D eigenvalue weighted by atomic mass is 9.84. The number of hydrogen-bond acceptors (Lipinski definition) is 1. The van der Waals surface area contributed by atoms with Crippen molar-refractivity contribution in [3.05, 3.63) is 69.2 Å². The van der Waals surface area contributed by atoms with Gasteiger partial charge in [0.2, 0.25) is 0 Å². The lowest BCUT2D eigenvalue weighted by Crippen LogP contribution is -2.26. The predicted molar refractivity (Wildman–Crippen MR) is 79.8 cm³/mol. The molecular formula is C17H13BrO. The third kappa shape index (κ3) is 1.90. The van der Waals surface area contributed by atoms with Gasteiger partial charge in [0, 0.05) is 15.6 Å². The molecule has 2 aromatic rings. The predicted octanol–water partition coefficient (Wildman–Crippen LogP) is 3.42. The highest BCUT2D eigenvalue weighted by Gasteiger charge is 2.35. The molecule has 0 aromatic heterocycles. The van der Waals surface area contributed by atoms with E-state index in [0.717, 1.165) is 39.6 Å². The Labute approximate surface area is 121 Å². The summed E-state index contributed by atoms with van der Waals surface area (Å²) in [6.07, 6.45) is 7.46. The normalized spacial score (nSPS) is 20.9. The van der Waals surface area contributed by atoms with Crippen LogP contribution < -0.4 is 0 Å². The lowest BCUT2D eigenvalue weighted by molar-refractivity contribution is 0.144. The summed E-state index contributed by atoms with van der Waals surface area (Å²) in [5.74, 6) is 2.59. The van der Waals surface area contributed by atoms with Gasteiger partial charge in [0.05, 0.1) is 0 Å². The molecule has 1 unspecified atom stereocenters. The molecule has 19 heavy (non-hydrogen) atoms. The van der Waals surface area contributed by atoms with Gasteiger partial charge in [-0.25, -0.2) is 0 Å². The van der Waals surface area contributed by atoms with Crippen LogP contribution in [0, 0.1) is 12.3 Å². The first-order valence-corrected chi connectivity index (χ1v) is 7.02. The molecule has 1 aliphatic rings. The van der Waals surface area contributed by atoms with Crippen LogP contribution in [0.2, 0.25) is 0 Å². The molecule has 0 saturated heterocycles. The smallest absolute Gasteiger partial charge is 0.177 e. The van der Waals surface area contributed by atoms with Gasteiger partial charge in [-0.3, -0.25) is 0 Å². The summed E-state index contributed by atoms with van der Waals surface area (Å²) in [6.45, 7) is 0. The van der Waals surface area contributed by atoms with Gasteiger partial charge in [0.15, 0.2) is 5.60 Å². The van der Waals surface area contributed by atoms with Crippen molar-refractivity contribution in [3.8, 4) is 12.3 Å². The molecular weight excluding hydrogens is 300 g/mol. The van der Waals surface area contributed by atoms with E-state index in [1.807, 2.05) is 42.5 Å². The third-order valence-electron chi connectivity index (χ3n) is 3.74. The highest BCUT2D eigenvalue weighted by atomic mass is 79.9. The highest BCUT2D eigenvalue weighted by molar-refractivity contribution is 9.10. The van der Waals surface area contributed by atoms with Crippen LogP contribution in [0.5, 0.6) is 0 Å². The van der Waals surface area contributed by atoms with E-state index in [9.17, 15) is 5.11 Å². The van der Waals surface area contributed by atoms with Crippen molar-refractivity contribution >= 4 is 15.9 Å². The van der Waals surface area contributed by atoms with E-state index >= 15 is 0 Å². The van der Waals surface area contributed by atoms with Crippen molar-refractivity contribution in [2.45, 2.75) is 18.4 Å². The van der Waals surface area contributed by atoms with Crippen LogP contribution in [0.25, 0.3) is 0 Å². The van der Waals surface area contributed by atoms with E-state index in [1.54, 1.807) is 0 Å². The fourth-order valence-electron chi connectivity index (χ4n) is 2.76. The van der Waals surface area contributed by atoms with Crippen LogP contribution in [0.4, 0.5) is 0 Å². The summed E-state index contributed by atoms with van der Waals surface area (Å²) >= 11 is 3.46. The fraction of sp³-hybridized carbons (Fsp3) is 0.176. The molecule has 0 amide bonds. The number of halogens is 1. The van der Waals surface area contributed by atoms with E-state index in [1.165, 1.54) is 0 Å². The van der Waals surface area contributed by atoms with Crippen LogP contribution in [0.15, 0.2) is 46.9 Å². The van der Waals surface area contributed by atoms with Gasteiger partial charge in [0.1, 0.15) is 0 Å². The molecule has 0 aliphatic heterocycles. The molecule has 1 aliphatic carbocycles. The maximum absolute atomic E-state index is 11.0. The number of aliphatic hydroxyl groups is 1. The summed E-state index contributed by atoms with van der Waals surface area (Å²) in [5, 5.41) is 11.0. The van der Waals surface area contributed by atoms with Gasteiger partial charge in [-0.05, 0) is 36.1 Å². The van der Waals surface area contributed by atoms with Gasteiger partial charge in [0.25, 0.3) is 0 Å². The second-order valence-electron chi connectivity index (χ2n) is 4.81. The van der Waals surface area contributed by atoms with Crippen LogP contribution >= 0.6 is 15.9 Å². The van der Waals surface area contributed by atoms with Crippen molar-refractivity contribution in [1.82, 2.24) is 0 Å². The molecule has 1 atom stereocenters. The van der Waals surface area contributed by atoms with E-state index in [-0.39, 0.29) is 0 Å². The number of fused-ring (bicyclic) bond motifs is 2. The summed E-state index contributed by atoms with van der Waals surface area (Å²) in [5.41, 5.74) is 2.53. The van der Waals surface area contributed by atoms with Gasteiger partial charge >= 0.3 is 0 Å². The molecule has 0 spiro atoms. The van der Waals surface area contributed by atoms with Crippen molar-refractivity contribution in [2.24, 2.45) is 0 Å². The second kappa shape index (κ2) is 4.52. The molecule has 0 heterocycles. The molecule has 3 rings (SSSR count). The molecule has 2 heteroatoms. The quantitative estimate of drug-likeness (QED) is 0.739. The van der Waals surface area contributed by atoms with Crippen LogP contribution in [-0.2, 0) is 18.4 Å². The Hall–Kier alpha value is -1.56. The SMILES string of the molecule is C#CC1(O)c2ccccc2CCc2ccc(Br)cc21. The molecule has 0 saturated carbocycles. The lowest BCUT2D eigenvalue weighted by Gasteiger charge is -2.25. The molecule has 2 aromatic carbocycles. The van der Waals surface area contributed by atoms with Crippen molar-refractivity contribution < 1.29 is 5.11 Å². The fourth-order valence-corrected chi connectivity index (χ4v) is 3.13. The zero-order valence-corrected chi connectivity index (χ0v) is 11.9. The number of terminal acetylenes is 1. The first-order valence-electron chi connectivity index (χ1n) is 6.22. The van der Waals surface area contributed by atoms with Crippen molar-refractivity contribution in [1.29, 1.82) is 0 Å². The zero-order valence-electron chi connectivity index (χ0n) is 10.4. The maximum atomic E-state index is 11.0. The number of aryl methyl sites for hydroxylation is 2. The average Bonchev–Trinajstić information content (AvgIpc) is 2.56. The Morgan fingerprint density at radius 1 is 1.05 bits per heavy atom. The first-order chi connectivity index (χ1) is 9.15. The maximum Gasteiger partial charge on any atom is 0.177 e. The monoisotopic (exact) mass is 312 g/mol. The molecule has 1 nitrogen and oxygen atoms in total. The molecule has 0 radical (unpaired) electrons. The Balaban J connectivity index is 2.34. The van der Waals surface area contributed by atoms with Gasteiger partial charge in [-0.15, -0.1) is 6.42 Å². The number of rotatable bonds is 0. The molecule has 1 N–H and O–H groups in total. The zero-order chi connectivity index (χ0) is 13.5. The summed E-state index contributed by atoms with van der Waals surface area (Å²) in [6, 6.07) is 13.8. The minimum atomic E-state index is -1.34. The summed E-state index contributed by atoms with van der Waals surface area (Å²) in [7, 11) is 0. The minimum Gasteiger partial charge on any atom is -0.369 e. The Bertz CT molecular complexity index is 684. The first kappa shape index (κ1) is 12.5. The van der Waals surface area contributed by atoms with Gasteiger partial charge in [-0.2, -0.15) is 0 Å². The Morgan fingerprint density at radius 2 is 1.74 bits per heavy atom. The standard InChI is InChI=1S/C17H13BrO/c1-2-17(19)15-6-4-3-5-12(15)7-8-13-9-10-14(18)11-16(13)17/h1,3-6,9-11,19H,7-8H2. The number of hydrogen-bond donors (Lipinski definition) is 1. The third-order valence-corrected chi connectivity index (χ3v) is 4.23. The summed E-state index contributed by atoms with van der Waals surface area (Å²) in [4.78, 5) is 0. The second-order valence-corrected chi connectivity index (χ2v) is 5.73. The van der Waals surface area contributed by atoms with Crippen LogP contribution in [0.1, 0.15) is 22.3 Å². The molecule has 0 fully saturated rings. The molecule has 0 bridgehead atoms. The Kier molecular flexibility index (Phi) is 2.97. The topological polar surface area (TPSA) is 20.2 Å².